The average molecular weight is 129 g/mol. The van der Waals surface area contributed by atoms with Crippen LogP contribution in [0.4, 0.5) is 0 Å². The topological polar surface area (TPSA) is 33.1 Å². The van der Waals surface area contributed by atoms with Gasteiger partial charge in [-0.05, 0) is 6.42 Å². The Bertz CT molecular complexity index is 107. The summed E-state index contributed by atoms with van der Waals surface area (Å²) in [6.45, 7) is 6.05. The fourth-order valence-corrected chi connectivity index (χ4v) is 0.437. The van der Waals surface area contributed by atoms with Crippen molar-refractivity contribution in [3.05, 3.63) is 0 Å². The number of hydrogen-bond acceptors (Lipinski definition) is 2. The second-order valence-corrected chi connectivity index (χ2v) is 2.77. The highest BCUT2D eigenvalue weighted by molar-refractivity contribution is 5.78. The standard InChI is InChI=1S/C7H15NO/c1-5-7(2,3)6(8)9-4/h8H,5H2,1-4H3. The van der Waals surface area contributed by atoms with Crippen molar-refractivity contribution in [2.24, 2.45) is 5.41 Å². The van der Waals surface area contributed by atoms with Crippen molar-refractivity contribution in [1.29, 1.82) is 5.41 Å². The van der Waals surface area contributed by atoms with Gasteiger partial charge in [-0.15, -0.1) is 0 Å². The maximum absolute atomic E-state index is 7.32. The first-order valence-corrected chi connectivity index (χ1v) is 3.17. The molecule has 0 heterocycles. The largest absolute Gasteiger partial charge is 0.484 e. The number of ether oxygens (including phenoxy) is 1. The summed E-state index contributed by atoms with van der Waals surface area (Å²) < 4.78 is 4.79. The van der Waals surface area contributed by atoms with Gasteiger partial charge in [-0.25, -0.2) is 0 Å². The zero-order chi connectivity index (χ0) is 7.49. The fourth-order valence-electron chi connectivity index (χ4n) is 0.437. The van der Waals surface area contributed by atoms with Gasteiger partial charge < -0.3 is 4.74 Å². The van der Waals surface area contributed by atoms with Crippen LogP contribution < -0.4 is 0 Å². The molecule has 1 N–H and O–H groups in total. The van der Waals surface area contributed by atoms with E-state index >= 15 is 0 Å². The van der Waals surface area contributed by atoms with E-state index < -0.39 is 0 Å². The molecule has 0 aliphatic carbocycles. The van der Waals surface area contributed by atoms with Crippen LogP contribution in [0.2, 0.25) is 0 Å². The normalized spacial score (nSPS) is 11.1. The van der Waals surface area contributed by atoms with Gasteiger partial charge in [0.15, 0.2) is 5.90 Å². The Kier molecular flexibility index (Phi) is 2.68. The molecule has 0 amide bonds. The lowest BCUT2D eigenvalue weighted by molar-refractivity contribution is 0.314. The zero-order valence-electron chi connectivity index (χ0n) is 6.62. The lowest BCUT2D eigenvalue weighted by atomic mass is 9.90. The van der Waals surface area contributed by atoms with Crippen molar-refractivity contribution in [2.75, 3.05) is 7.11 Å². The summed E-state index contributed by atoms with van der Waals surface area (Å²) in [6, 6.07) is 0. The molecule has 0 bridgehead atoms. The first-order chi connectivity index (χ1) is 4.04. The van der Waals surface area contributed by atoms with Gasteiger partial charge in [0, 0.05) is 5.41 Å². The second-order valence-electron chi connectivity index (χ2n) is 2.77. The van der Waals surface area contributed by atoms with E-state index in [0.717, 1.165) is 6.42 Å². The average Bonchev–Trinajstić information content (AvgIpc) is 1.86. The van der Waals surface area contributed by atoms with E-state index in [9.17, 15) is 0 Å². The second kappa shape index (κ2) is 2.85. The van der Waals surface area contributed by atoms with E-state index in [2.05, 4.69) is 0 Å². The number of nitrogens with one attached hydrogen (secondary N) is 1. The monoisotopic (exact) mass is 129 g/mol. The maximum Gasteiger partial charge on any atom is 0.185 e. The van der Waals surface area contributed by atoms with Crippen LogP contribution in [0.1, 0.15) is 27.2 Å². The molecule has 0 unspecified atom stereocenters. The third-order valence-corrected chi connectivity index (χ3v) is 1.70. The minimum atomic E-state index is -0.0885. The summed E-state index contributed by atoms with van der Waals surface area (Å²) in [5.41, 5.74) is -0.0885. The number of methoxy groups -OCH3 is 1. The summed E-state index contributed by atoms with van der Waals surface area (Å²) >= 11 is 0. The molecule has 0 aromatic carbocycles. The summed E-state index contributed by atoms with van der Waals surface area (Å²) in [7, 11) is 1.54. The molecule has 0 spiro atoms. The minimum Gasteiger partial charge on any atom is -0.484 e. The van der Waals surface area contributed by atoms with Crippen molar-refractivity contribution < 1.29 is 4.74 Å². The van der Waals surface area contributed by atoms with E-state index in [4.69, 9.17) is 10.1 Å². The van der Waals surface area contributed by atoms with Crippen LogP contribution in [0.15, 0.2) is 0 Å². The molecule has 0 aliphatic heterocycles. The third-order valence-electron chi connectivity index (χ3n) is 1.70. The van der Waals surface area contributed by atoms with Crippen molar-refractivity contribution in [2.45, 2.75) is 27.2 Å². The van der Waals surface area contributed by atoms with Crippen LogP contribution in [0.5, 0.6) is 0 Å². The van der Waals surface area contributed by atoms with E-state index in [0.29, 0.717) is 5.90 Å². The van der Waals surface area contributed by atoms with Gasteiger partial charge in [0.05, 0.1) is 7.11 Å². The van der Waals surface area contributed by atoms with Gasteiger partial charge >= 0.3 is 0 Å². The van der Waals surface area contributed by atoms with E-state index in [1.807, 2.05) is 20.8 Å². The molecular formula is C7H15NO. The molecular weight excluding hydrogens is 114 g/mol. The van der Waals surface area contributed by atoms with Crippen LogP contribution in [-0.2, 0) is 4.74 Å². The molecule has 2 nitrogen and oxygen atoms in total. The molecule has 0 radical (unpaired) electrons. The number of rotatable bonds is 2. The van der Waals surface area contributed by atoms with Gasteiger partial charge in [0.25, 0.3) is 0 Å². The Morgan fingerprint density at radius 3 is 2.11 bits per heavy atom. The predicted octanol–water partition coefficient (Wildman–Crippen LogP) is 2.05. The van der Waals surface area contributed by atoms with Crippen LogP contribution in [0, 0.1) is 10.8 Å². The molecule has 54 valence electrons. The quantitative estimate of drug-likeness (QED) is 0.449. The molecule has 0 fully saturated rings. The third kappa shape index (κ3) is 2.04. The molecule has 0 aliphatic rings. The van der Waals surface area contributed by atoms with Gasteiger partial charge in [0.1, 0.15) is 0 Å². The molecule has 0 aromatic rings. The molecule has 0 saturated carbocycles. The SMILES string of the molecule is CCC(C)(C)C(=N)OC. The van der Waals surface area contributed by atoms with Crippen LogP contribution in [0.25, 0.3) is 0 Å². The fraction of sp³-hybridized carbons (Fsp3) is 0.857. The van der Waals surface area contributed by atoms with Gasteiger partial charge in [0.2, 0.25) is 0 Å². The maximum atomic E-state index is 7.32. The Morgan fingerprint density at radius 1 is 1.56 bits per heavy atom. The molecule has 0 saturated heterocycles. The van der Waals surface area contributed by atoms with Gasteiger partial charge in [-0.3, -0.25) is 5.41 Å². The van der Waals surface area contributed by atoms with E-state index in [1.165, 1.54) is 0 Å². The van der Waals surface area contributed by atoms with Crippen LogP contribution >= 0.6 is 0 Å². The zero-order valence-corrected chi connectivity index (χ0v) is 6.62. The van der Waals surface area contributed by atoms with Crippen molar-refractivity contribution in [3.63, 3.8) is 0 Å². The lowest BCUT2D eigenvalue weighted by Gasteiger charge is -2.21. The van der Waals surface area contributed by atoms with Crippen LogP contribution in [-0.4, -0.2) is 13.0 Å². The Balaban J connectivity index is 3.97. The Labute approximate surface area is 56.7 Å². The Hall–Kier alpha value is -0.530. The highest BCUT2D eigenvalue weighted by atomic mass is 16.5. The first-order valence-electron chi connectivity index (χ1n) is 3.17. The summed E-state index contributed by atoms with van der Waals surface area (Å²) in [5, 5.41) is 7.32. The van der Waals surface area contributed by atoms with Crippen molar-refractivity contribution in [1.82, 2.24) is 0 Å². The smallest absolute Gasteiger partial charge is 0.185 e. The summed E-state index contributed by atoms with van der Waals surface area (Å²) in [6.07, 6.45) is 0.944. The molecule has 0 rings (SSSR count). The molecule has 0 aromatic heterocycles. The minimum absolute atomic E-state index is 0.0885. The van der Waals surface area contributed by atoms with E-state index in [-0.39, 0.29) is 5.41 Å². The van der Waals surface area contributed by atoms with Gasteiger partial charge in [-0.2, -0.15) is 0 Å². The molecule has 0 atom stereocenters. The van der Waals surface area contributed by atoms with Crippen molar-refractivity contribution in [3.8, 4) is 0 Å². The summed E-state index contributed by atoms with van der Waals surface area (Å²) in [4.78, 5) is 0. The Morgan fingerprint density at radius 2 is 2.00 bits per heavy atom. The highest BCUT2D eigenvalue weighted by Crippen LogP contribution is 2.20. The van der Waals surface area contributed by atoms with Gasteiger partial charge in [-0.1, -0.05) is 20.8 Å². The summed E-state index contributed by atoms with van der Waals surface area (Å²) in [5.74, 6) is 0.366. The van der Waals surface area contributed by atoms with Crippen molar-refractivity contribution >= 4 is 5.90 Å². The highest BCUT2D eigenvalue weighted by Gasteiger charge is 2.21. The first kappa shape index (κ1) is 8.47. The molecule has 2 heteroatoms. The number of hydrogen-bond donors (Lipinski definition) is 1. The molecule has 9 heavy (non-hydrogen) atoms. The lowest BCUT2D eigenvalue weighted by Crippen LogP contribution is -2.23. The predicted molar refractivity (Wildman–Crippen MR) is 38.8 cm³/mol. The van der Waals surface area contributed by atoms with E-state index in [1.54, 1.807) is 7.11 Å². The van der Waals surface area contributed by atoms with Crippen LogP contribution in [0.3, 0.4) is 0 Å².